The first-order chi connectivity index (χ1) is 12.0. The molecule has 0 aliphatic rings. The highest BCUT2D eigenvalue weighted by Gasteiger charge is 2.14. The smallest absolute Gasteiger partial charge is 0.267 e. The van der Waals surface area contributed by atoms with Crippen LogP contribution in [0.1, 0.15) is 27.4 Å². The van der Waals surface area contributed by atoms with Crippen LogP contribution in [0.3, 0.4) is 0 Å². The van der Waals surface area contributed by atoms with E-state index in [0.717, 1.165) is 5.69 Å². The van der Waals surface area contributed by atoms with Crippen LogP contribution in [0.2, 0.25) is 0 Å². The molecule has 0 aliphatic carbocycles. The minimum Gasteiger partial charge on any atom is -0.364 e. The Morgan fingerprint density at radius 2 is 2.04 bits per heavy atom. The molecule has 0 spiro atoms. The van der Waals surface area contributed by atoms with Crippen molar-refractivity contribution < 1.29 is 9.59 Å². The number of nitrogens with zero attached hydrogens (tertiary/aromatic N) is 3. The normalized spacial score (nSPS) is 11.5. The molecule has 0 bridgehead atoms. The molecule has 25 heavy (non-hydrogen) atoms. The zero-order valence-electron chi connectivity index (χ0n) is 13.9. The summed E-state index contributed by atoms with van der Waals surface area (Å²) in [7, 11) is 1.56. The van der Waals surface area contributed by atoms with Gasteiger partial charge in [-0.05, 0) is 37.3 Å². The van der Waals surface area contributed by atoms with E-state index in [1.165, 1.54) is 6.20 Å². The number of hydrogen-bond donors (Lipinski definition) is 2. The fourth-order valence-electron chi connectivity index (χ4n) is 2.53. The van der Waals surface area contributed by atoms with Crippen molar-refractivity contribution in [1.29, 1.82) is 0 Å². The number of carbonyl (C=O) groups excluding carboxylic acids is 2. The van der Waals surface area contributed by atoms with E-state index in [1.54, 1.807) is 35.9 Å². The lowest BCUT2D eigenvalue weighted by Crippen LogP contribution is -2.19. The number of rotatable bonds is 4. The lowest BCUT2D eigenvalue weighted by Gasteiger charge is -2.08. The van der Waals surface area contributed by atoms with Crippen LogP contribution >= 0.6 is 0 Å². The largest absolute Gasteiger partial charge is 0.364 e. The van der Waals surface area contributed by atoms with E-state index >= 15 is 0 Å². The van der Waals surface area contributed by atoms with Gasteiger partial charge >= 0.3 is 0 Å². The van der Waals surface area contributed by atoms with E-state index in [4.69, 9.17) is 5.73 Å². The Hall–Kier alpha value is -3.48. The van der Waals surface area contributed by atoms with Gasteiger partial charge in [-0.3, -0.25) is 19.0 Å². The van der Waals surface area contributed by atoms with Crippen molar-refractivity contribution in [2.45, 2.75) is 6.92 Å². The third kappa shape index (κ3) is 3.25. The molecule has 0 aromatic carbocycles. The second-order valence-corrected chi connectivity index (χ2v) is 5.49. The summed E-state index contributed by atoms with van der Waals surface area (Å²) in [4.78, 5) is 32.4. The average Bonchev–Trinajstić information content (AvgIpc) is 3.02. The van der Waals surface area contributed by atoms with Crippen LogP contribution in [0.25, 0.3) is 17.3 Å². The summed E-state index contributed by atoms with van der Waals surface area (Å²) in [6, 6.07) is 9.07. The molecule has 0 fully saturated rings. The van der Waals surface area contributed by atoms with Crippen molar-refractivity contribution >= 4 is 29.1 Å². The molecule has 3 aromatic heterocycles. The Bertz CT molecular complexity index is 1000. The number of nitrogens with one attached hydrogen (secondary N) is 1. The number of fused-ring (bicyclic) bond motifs is 1. The molecule has 3 N–H and O–H groups in total. The molecule has 0 saturated heterocycles. The molecule has 0 atom stereocenters. The van der Waals surface area contributed by atoms with Crippen molar-refractivity contribution in [2.75, 3.05) is 7.05 Å². The van der Waals surface area contributed by atoms with Gasteiger partial charge in [-0.2, -0.15) is 0 Å². The summed E-state index contributed by atoms with van der Waals surface area (Å²) in [5, 5.41) is 2.63. The third-order valence-electron chi connectivity index (χ3n) is 3.74. The first-order valence-electron chi connectivity index (χ1n) is 7.64. The first-order valence-corrected chi connectivity index (χ1v) is 7.64. The van der Waals surface area contributed by atoms with E-state index < -0.39 is 5.91 Å². The summed E-state index contributed by atoms with van der Waals surface area (Å²) < 4.78 is 1.57. The summed E-state index contributed by atoms with van der Waals surface area (Å²) >= 11 is 0. The van der Waals surface area contributed by atoms with Gasteiger partial charge < -0.3 is 11.1 Å². The average molecular weight is 335 g/mol. The number of nitrogens with two attached hydrogens (primary N) is 1. The number of hydrogen-bond acceptors (Lipinski definition) is 4. The second-order valence-electron chi connectivity index (χ2n) is 5.49. The van der Waals surface area contributed by atoms with Crippen LogP contribution < -0.4 is 11.1 Å². The maximum Gasteiger partial charge on any atom is 0.267 e. The molecule has 3 heterocycles. The minimum atomic E-state index is -0.588. The van der Waals surface area contributed by atoms with Crippen LogP contribution in [0.5, 0.6) is 0 Å². The number of aromatic nitrogens is 3. The van der Waals surface area contributed by atoms with E-state index in [0.29, 0.717) is 22.5 Å². The Balaban J connectivity index is 2.16. The molecule has 0 unspecified atom stereocenters. The van der Waals surface area contributed by atoms with E-state index in [1.807, 2.05) is 25.1 Å². The Morgan fingerprint density at radius 3 is 2.72 bits per heavy atom. The van der Waals surface area contributed by atoms with Gasteiger partial charge in [-0.25, -0.2) is 4.98 Å². The highest BCUT2D eigenvalue weighted by Crippen LogP contribution is 2.20. The fourth-order valence-corrected chi connectivity index (χ4v) is 2.53. The first kappa shape index (κ1) is 16.4. The maximum absolute atomic E-state index is 12.4. The van der Waals surface area contributed by atoms with Crippen molar-refractivity contribution in [3.63, 3.8) is 0 Å². The lowest BCUT2D eigenvalue weighted by atomic mass is 10.1. The Morgan fingerprint density at radius 1 is 1.24 bits per heavy atom. The Kier molecular flexibility index (Phi) is 4.30. The van der Waals surface area contributed by atoms with E-state index in [2.05, 4.69) is 15.3 Å². The number of aryl methyl sites for hydroxylation is 1. The van der Waals surface area contributed by atoms with Gasteiger partial charge in [0.05, 0.1) is 17.5 Å². The third-order valence-corrected chi connectivity index (χ3v) is 3.74. The summed E-state index contributed by atoms with van der Waals surface area (Å²) in [6.07, 6.45) is 4.78. The summed E-state index contributed by atoms with van der Waals surface area (Å²) in [5.74, 6) is -0.848. The molecule has 7 heteroatoms. The molecule has 0 radical (unpaired) electrons. The van der Waals surface area contributed by atoms with Crippen LogP contribution in [0.15, 0.2) is 42.7 Å². The van der Waals surface area contributed by atoms with Gasteiger partial charge in [0, 0.05) is 24.5 Å². The predicted octanol–water partition coefficient (Wildman–Crippen LogP) is 1.42. The number of likely N-dealkylation sites (N-methyl/N-ethyl adjacent to an activating group) is 1. The lowest BCUT2D eigenvalue weighted by molar-refractivity contribution is -0.115. The van der Waals surface area contributed by atoms with Crippen molar-refractivity contribution in [3.05, 3.63) is 65.4 Å². The number of carbonyl (C=O) groups is 2. The maximum atomic E-state index is 12.4. The number of amides is 2. The molecular formula is C18H17N5O2. The van der Waals surface area contributed by atoms with Gasteiger partial charge in [-0.1, -0.05) is 6.07 Å². The van der Waals surface area contributed by atoms with Gasteiger partial charge in [0.15, 0.2) is 0 Å². The topological polar surface area (TPSA) is 102 Å². The predicted molar refractivity (Wildman–Crippen MR) is 94.6 cm³/mol. The zero-order valence-corrected chi connectivity index (χ0v) is 13.9. The monoisotopic (exact) mass is 335 g/mol. The summed E-state index contributed by atoms with van der Waals surface area (Å²) in [5.41, 5.74) is 8.76. The molecule has 3 rings (SSSR count). The Labute approximate surface area is 144 Å². The molecule has 126 valence electrons. The van der Waals surface area contributed by atoms with Crippen LogP contribution in [0.4, 0.5) is 0 Å². The molecular weight excluding hydrogens is 318 g/mol. The fraction of sp³-hybridized carbons (Fsp3) is 0.111. The van der Waals surface area contributed by atoms with Crippen LogP contribution in [-0.2, 0) is 4.79 Å². The minimum absolute atomic E-state index is 0.252. The van der Waals surface area contributed by atoms with Gasteiger partial charge in [-0.15, -0.1) is 0 Å². The summed E-state index contributed by atoms with van der Waals surface area (Å²) in [6.45, 7) is 1.88. The molecule has 0 aliphatic heterocycles. The number of imidazole rings is 1. The number of primary amides is 1. The van der Waals surface area contributed by atoms with Gasteiger partial charge in [0.2, 0.25) is 0 Å². The second kappa shape index (κ2) is 6.56. The van der Waals surface area contributed by atoms with Crippen molar-refractivity contribution in [3.8, 4) is 0 Å². The highest BCUT2D eigenvalue weighted by atomic mass is 16.2. The molecule has 2 amide bonds. The van der Waals surface area contributed by atoms with Gasteiger partial charge in [0.25, 0.3) is 11.8 Å². The zero-order chi connectivity index (χ0) is 18.0. The number of pyridine rings is 2. The highest BCUT2D eigenvalue weighted by molar-refractivity contribution is 6.24. The van der Waals surface area contributed by atoms with Crippen LogP contribution in [-0.4, -0.2) is 33.2 Å². The van der Waals surface area contributed by atoms with Gasteiger partial charge in [0.1, 0.15) is 11.3 Å². The molecule has 3 aromatic rings. The van der Waals surface area contributed by atoms with Crippen molar-refractivity contribution in [2.24, 2.45) is 5.73 Å². The standard InChI is InChI=1S/C18H17N5O2/c1-11-4-3-5-13(22-11)8-14(18(25)20-2)12-6-7-16-21-9-15(17(19)24)23(16)10-12/h3-10H,1-2H3,(H2,19,24)(H,20,25)/b14-8+. The quantitative estimate of drug-likeness (QED) is 0.704. The van der Waals surface area contributed by atoms with Crippen molar-refractivity contribution in [1.82, 2.24) is 19.7 Å². The van der Waals surface area contributed by atoms with E-state index in [9.17, 15) is 9.59 Å². The molecule has 7 nitrogen and oxygen atoms in total. The van der Waals surface area contributed by atoms with Crippen LogP contribution in [0, 0.1) is 6.92 Å². The van der Waals surface area contributed by atoms with E-state index in [-0.39, 0.29) is 11.6 Å². The molecule has 0 saturated carbocycles. The SMILES string of the molecule is CNC(=O)/C(=C/c1cccc(C)n1)c1ccc2ncc(C(N)=O)n2c1.